The number of fused-ring (bicyclic) bond motifs is 1. The summed E-state index contributed by atoms with van der Waals surface area (Å²) in [5, 5.41) is 0. The van der Waals surface area contributed by atoms with Gasteiger partial charge in [-0.1, -0.05) is 12.2 Å². The normalized spacial score (nSPS) is 33.9. The predicted octanol–water partition coefficient (Wildman–Crippen LogP) is 1.72. The van der Waals surface area contributed by atoms with Crippen molar-refractivity contribution in [2.75, 3.05) is 7.11 Å². The third kappa shape index (κ3) is 1.96. The second kappa shape index (κ2) is 4.17. The van der Waals surface area contributed by atoms with Gasteiger partial charge in [0.05, 0.1) is 13.5 Å². The molecule has 0 unspecified atom stereocenters. The van der Waals surface area contributed by atoms with E-state index in [1.54, 1.807) is 0 Å². The van der Waals surface area contributed by atoms with Gasteiger partial charge < -0.3 is 4.74 Å². The third-order valence-electron chi connectivity index (χ3n) is 3.63. The molecule has 0 saturated heterocycles. The molecule has 3 atom stereocenters. The molecular weight excluding hydrogens is 192 g/mol. The van der Waals surface area contributed by atoms with E-state index in [4.69, 9.17) is 0 Å². The number of ether oxygens (including phenoxy) is 1. The maximum atomic E-state index is 11.8. The average molecular weight is 208 g/mol. The van der Waals surface area contributed by atoms with Gasteiger partial charge in [-0.2, -0.15) is 0 Å². The monoisotopic (exact) mass is 208 g/mol. The van der Waals surface area contributed by atoms with Crippen molar-refractivity contribution in [1.82, 2.24) is 0 Å². The van der Waals surface area contributed by atoms with Crippen molar-refractivity contribution in [3.63, 3.8) is 0 Å². The van der Waals surface area contributed by atoms with Gasteiger partial charge in [0.15, 0.2) is 0 Å². The van der Waals surface area contributed by atoms with Crippen LogP contribution < -0.4 is 0 Å². The van der Waals surface area contributed by atoms with Gasteiger partial charge in [0, 0.05) is 12.3 Å². The van der Waals surface area contributed by atoms with Crippen molar-refractivity contribution >= 4 is 11.8 Å². The van der Waals surface area contributed by atoms with E-state index in [-0.39, 0.29) is 24.1 Å². The van der Waals surface area contributed by atoms with E-state index in [0.29, 0.717) is 18.3 Å². The summed E-state index contributed by atoms with van der Waals surface area (Å²) in [5.41, 5.74) is 0. The predicted molar refractivity (Wildman–Crippen MR) is 55.1 cm³/mol. The summed E-state index contributed by atoms with van der Waals surface area (Å²) in [4.78, 5) is 23.0. The van der Waals surface area contributed by atoms with Crippen LogP contribution in [0.15, 0.2) is 12.2 Å². The largest absolute Gasteiger partial charge is 0.469 e. The zero-order valence-corrected chi connectivity index (χ0v) is 8.94. The third-order valence-corrected chi connectivity index (χ3v) is 3.63. The van der Waals surface area contributed by atoms with Crippen LogP contribution in [0.1, 0.15) is 25.7 Å². The summed E-state index contributed by atoms with van der Waals surface area (Å²) in [6, 6.07) is 0. The standard InChI is InChI=1S/C12H16O3/c1-15-12(14)7-10-9-5-3-2-4-8(9)6-11(10)13/h2-3,8-10H,4-7H2,1H3/t8-,9-,10+/m1/s1. The molecule has 82 valence electrons. The van der Waals surface area contributed by atoms with E-state index >= 15 is 0 Å². The van der Waals surface area contributed by atoms with Crippen molar-refractivity contribution in [2.45, 2.75) is 25.7 Å². The van der Waals surface area contributed by atoms with Gasteiger partial charge in [0.2, 0.25) is 0 Å². The molecule has 0 spiro atoms. The highest BCUT2D eigenvalue weighted by molar-refractivity contribution is 5.87. The summed E-state index contributed by atoms with van der Waals surface area (Å²) < 4.78 is 4.63. The molecule has 2 aliphatic rings. The number of hydrogen-bond donors (Lipinski definition) is 0. The zero-order chi connectivity index (χ0) is 10.8. The Kier molecular flexibility index (Phi) is 2.89. The van der Waals surface area contributed by atoms with Crippen LogP contribution in [0.25, 0.3) is 0 Å². The van der Waals surface area contributed by atoms with Gasteiger partial charge in [-0.3, -0.25) is 9.59 Å². The van der Waals surface area contributed by atoms with Crippen LogP contribution in [0.4, 0.5) is 0 Å². The Bertz CT molecular complexity index is 306. The van der Waals surface area contributed by atoms with E-state index in [1.165, 1.54) is 7.11 Å². The van der Waals surface area contributed by atoms with Crippen LogP contribution in [-0.4, -0.2) is 18.9 Å². The Morgan fingerprint density at radius 2 is 2.20 bits per heavy atom. The van der Waals surface area contributed by atoms with Crippen LogP contribution in [-0.2, 0) is 14.3 Å². The van der Waals surface area contributed by atoms with Crippen LogP contribution in [0, 0.1) is 17.8 Å². The molecule has 0 bridgehead atoms. The lowest BCUT2D eigenvalue weighted by Crippen LogP contribution is -2.22. The number of esters is 1. The molecule has 0 aliphatic heterocycles. The average Bonchev–Trinajstić information content (AvgIpc) is 2.55. The number of allylic oxidation sites excluding steroid dienone is 2. The maximum Gasteiger partial charge on any atom is 0.306 e. The molecule has 3 nitrogen and oxygen atoms in total. The number of Topliss-reactive ketones (excluding diaryl/α,β-unsaturated/α-hetero) is 1. The van der Waals surface area contributed by atoms with E-state index in [0.717, 1.165) is 12.8 Å². The van der Waals surface area contributed by atoms with Gasteiger partial charge in [0.25, 0.3) is 0 Å². The Balaban J connectivity index is 2.06. The van der Waals surface area contributed by atoms with Crippen molar-refractivity contribution in [3.8, 4) is 0 Å². The molecular formula is C12H16O3. The number of carbonyl (C=O) groups excluding carboxylic acids is 2. The molecule has 2 aliphatic carbocycles. The van der Waals surface area contributed by atoms with Gasteiger partial charge in [-0.05, 0) is 24.7 Å². The fourth-order valence-electron chi connectivity index (χ4n) is 2.80. The minimum atomic E-state index is -0.261. The van der Waals surface area contributed by atoms with Crippen LogP contribution in [0.3, 0.4) is 0 Å². The van der Waals surface area contributed by atoms with E-state index < -0.39 is 0 Å². The fraction of sp³-hybridized carbons (Fsp3) is 0.667. The number of ketones is 1. The smallest absolute Gasteiger partial charge is 0.306 e. The first-order valence-corrected chi connectivity index (χ1v) is 5.47. The Hall–Kier alpha value is -1.12. The lowest BCUT2D eigenvalue weighted by atomic mass is 9.80. The van der Waals surface area contributed by atoms with Gasteiger partial charge in [0.1, 0.15) is 5.78 Å². The molecule has 0 aromatic heterocycles. The van der Waals surface area contributed by atoms with Crippen LogP contribution in [0.5, 0.6) is 0 Å². The summed E-state index contributed by atoms with van der Waals surface area (Å²) in [6.45, 7) is 0. The topological polar surface area (TPSA) is 43.4 Å². The van der Waals surface area contributed by atoms with Crippen LogP contribution in [0.2, 0.25) is 0 Å². The number of hydrogen-bond acceptors (Lipinski definition) is 3. The zero-order valence-electron chi connectivity index (χ0n) is 8.94. The molecule has 2 rings (SSSR count). The molecule has 0 aromatic rings. The second-order valence-electron chi connectivity index (χ2n) is 4.42. The Labute approximate surface area is 89.5 Å². The minimum Gasteiger partial charge on any atom is -0.469 e. The fourth-order valence-corrected chi connectivity index (χ4v) is 2.80. The first-order valence-electron chi connectivity index (χ1n) is 5.47. The molecule has 0 amide bonds. The Morgan fingerprint density at radius 1 is 1.47 bits per heavy atom. The van der Waals surface area contributed by atoms with Gasteiger partial charge in [-0.25, -0.2) is 0 Å². The second-order valence-corrected chi connectivity index (χ2v) is 4.42. The first-order chi connectivity index (χ1) is 7.22. The highest BCUT2D eigenvalue weighted by atomic mass is 16.5. The van der Waals surface area contributed by atoms with Crippen molar-refractivity contribution in [2.24, 2.45) is 17.8 Å². The minimum absolute atomic E-state index is 0.0904. The maximum absolute atomic E-state index is 11.8. The molecule has 0 aromatic carbocycles. The molecule has 1 saturated carbocycles. The van der Waals surface area contributed by atoms with Crippen molar-refractivity contribution < 1.29 is 14.3 Å². The Morgan fingerprint density at radius 3 is 2.93 bits per heavy atom. The number of methoxy groups -OCH3 is 1. The van der Waals surface area contributed by atoms with E-state index in [9.17, 15) is 9.59 Å². The van der Waals surface area contributed by atoms with E-state index in [1.807, 2.05) is 0 Å². The van der Waals surface area contributed by atoms with Gasteiger partial charge >= 0.3 is 5.97 Å². The first kappa shape index (κ1) is 10.4. The molecule has 0 radical (unpaired) electrons. The molecule has 1 fully saturated rings. The lowest BCUT2D eigenvalue weighted by Gasteiger charge is -2.24. The summed E-state index contributed by atoms with van der Waals surface area (Å²) >= 11 is 0. The van der Waals surface area contributed by atoms with Crippen molar-refractivity contribution in [3.05, 3.63) is 12.2 Å². The lowest BCUT2D eigenvalue weighted by molar-refractivity contribution is -0.143. The summed E-state index contributed by atoms with van der Waals surface area (Å²) in [6.07, 6.45) is 7.13. The summed E-state index contributed by atoms with van der Waals surface area (Å²) in [5.74, 6) is 0.744. The number of carbonyl (C=O) groups is 2. The highest BCUT2D eigenvalue weighted by Crippen LogP contribution is 2.43. The number of rotatable bonds is 2. The molecule has 0 N–H and O–H groups in total. The molecule has 15 heavy (non-hydrogen) atoms. The quantitative estimate of drug-likeness (QED) is 0.512. The van der Waals surface area contributed by atoms with Crippen molar-refractivity contribution in [1.29, 1.82) is 0 Å². The van der Waals surface area contributed by atoms with Crippen LogP contribution >= 0.6 is 0 Å². The van der Waals surface area contributed by atoms with E-state index in [2.05, 4.69) is 16.9 Å². The molecule has 0 heterocycles. The van der Waals surface area contributed by atoms with Gasteiger partial charge in [-0.15, -0.1) is 0 Å². The SMILES string of the molecule is COC(=O)C[C@@H]1C(=O)C[C@H]2CC=CC[C@H]21. The summed E-state index contributed by atoms with van der Waals surface area (Å²) in [7, 11) is 1.38. The highest BCUT2D eigenvalue weighted by Gasteiger charge is 2.42. The molecule has 3 heteroatoms.